The van der Waals surface area contributed by atoms with Crippen LogP contribution in [0.5, 0.6) is 0 Å². The van der Waals surface area contributed by atoms with Crippen molar-refractivity contribution >= 4 is 38.8 Å². The van der Waals surface area contributed by atoms with Gasteiger partial charge in [0.2, 0.25) is 0 Å². The molecule has 1 atom stereocenters. The lowest BCUT2D eigenvalue weighted by Gasteiger charge is -2.12. The number of para-hydroxylation sites is 2. The van der Waals surface area contributed by atoms with E-state index in [-0.39, 0.29) is 27.4 Å². The summed E-state index contributed by atoms with van der Waals surface area (Å²) >= 11 is 0. The molecular weight excluding hydrogens is 440 g/mol. The first-order valence-electron chi connectivity index (χ1n) is 9.86. The third kappa shape index (κ3) is 3.91. The van der Waals surface area contributed by atoms with Gasteiger partial charge in [-0.05, 0) is 36.4 Å². The number of terminal acetylenes is 1. The number of aliphatic hydroxyl groups is 1. The van der Waals surface area contributed by atoms with Crippen LogP contribution >= 0.6 is 0 Å². The van der Waals surface area contributed by atoms with Crippen LogP contribution in [0.25, 0.3) is 23.1 Å². The molecule has 0 spiro atoms. The Hall–Kier alpha value is -4.19. The van der Waals surface area contributed by atoms with Crippen LogP contribution in [0.1, 0.15) is 22.9 Å². The molecule has 0 fully saturated rings. The Morgan fingerprint density at radius 2 is 1.61 bits per heavy atom. The quantitative estimate of drug-likeness (QED) is 0.258. The first kappa shape index (κ1) is 22.0. The largest absolute Gasteiger partial charge is 0.376 e. The van der Waals surface area contributed by atoms with Gasteiger partial charge in [0.15, 0.2) is 0 Å². The molecule has 0 saturated carbocycles. The molecule has 1 N–H and O–H groups in total. The van der Waals surface area contributed by atoms with Crippen molar-refractivity contribution in [3.63, 3.8) is 0 Å². The summed E-state index contributed by atoms with van der Waals surface area (Å²) in [4.78, 5) is 10.9. The van der Waals surface area contributed by atoms with Crippen LogP contribution in [0.15, 0.2) is 83.8 Å². The van der Waals surface area contributed by atoms with Crippen molar-refractivity contribution in [1.82, 2.24) is 3.97 Å². The number of hydrogen-bond acceptors (Lipinski definition) is 5. The van der Waals surface area contributed by atoms with Crippen molar-refractivity contribution in [2.75, 3.05) is 0 Å². The number of nitro benzene ring substituents is 1. The summed E-state index contributed by atoms with van der Waals surface area (Å²) in [6.07, 6.45) is 6.97. The second kappa shape index (κ2) is 8.74. The number of rotatable bonds is 6. The standard InChI is InChI=1S/C25H18N2O5S/c1-2-24(28)25-20-13-7-9-15-22(20)26(33(31,32)19-11-4-3-5-12-19)23(25)17-16-18-10-6-8-14-21(18)27(29)30/h1,3-17,24,28H/b17-16+. The van der Waals surface area contributed by atoms with Crippen LogP contribution in [0, 0.1) is 22.5 Å². The van der Waals surface area contributed by atoms with Gasteiger partial charge >= 0.3 is 0 Å². The molecule has 1 heterocycles. The lowest BCUT2D eigenvalue weighted by atomic mass is 10.0. The minimum absolute atomic E-state index is 0.0489. The fourth-order valence-corrected chi connectivity index (χ4v) is 5.25. The number of hydrogen-bond donors (Lipinski definition) is 1. The summed E-state index contributed by atoms with van der Waals surface area (Å²) in [6.45, 7) is 0. The van der Waals surface area contributed by atoms with Gasteiger partial charge in [-0.25, -0.2) is 12.4 Å². The van der Waals surface area contributed by atoms with Gasteiger partial charge < -0.3 is 5.11 Å². The maximum absolute atomic E-state index is 13.7. The van der Waals surface area contributed by atoms with Crippen LogP contribution in [0.2, 0.25) is 0 Å². The van der Waals surface area contributed by atoms with Gasteiger partial charge in [-0.3, -0.25) is 10.1 Å². The summed E-state index contributed by atoms with van der Waals surface area (Å²) in [5, 5.41) is 22.5. The molecule has 0 amide bonds. The molecule has 1 aromatic heterocycles. The highest BCUT2D eigenvalue weighted by Gasteiger charge is 2.28. The summed E-state index contributed by atoms with van der Waals surface area (Å²) in [6, 6.07) is 20.6. The van der Waals surface area contributed by atoms with Gasteiger partial charge in [-0.2, -0.15) is 0 Å². The van der Waals surface area contributed by atoms with Crippen LogP contribution in [-0.4, -0.2) is 22.4 Å². The zero-order valence-corrected chi connectivity index (χ0v) is 18.0. The Kier molecular flexibility index (Phi) is 5.84. The minimum Gasteiger partial charge on any atom is -0.376 e. The molecule has 164 valence electrons. The van der Waals surface area contributed by atoms with Crippen molar-refractivity contribution in [3.05, 3.63) is 106 Å². The first-order valence-corrected chi connectivity index (χ1v) is 11.3. The highest BCUT2D eigenvalue weighted by molar-refractivity contribution is 7.90. The van der Waals surface area contributed by atoms with Gasteiger partial charge in [0.1, 0.15) is 6.10 Å². The SMILES string of the molecule is C#CC(O)c1c(/C=C/c2ccccc2[N+](=O)[O-])n(S(=O)(=O)c2ccccc2)c2ccccc12. The topological polar surface area (TPSA) is 102 Å². The van der Waals surface area contributed by atoms with Gasteiger partial charge in [0.05, 0.1) is 26.6 Å². The molecule has 3 aromatic carbocycles. The molecule has 4 rings (SSSR count). The van der Waals surface area contributed by atoms with E-state index in [4.69, 9.17) is 6.42 Å². The monoisotopic (exact) mass is 458 g/mol. The molecule has 0 bridgehead atoms. The summed E-state index contributed by atoms with van der Waals surface area (Å²) in [5.74, 6) is 2.25. The third-order valence-electron chi connectivity index (χ3n) is 5.17. The van der Waals surface area contributed by atoms with Crippen LogP contribution < -0.4 is 0 Å². The van der Waals surface area contributed by atoms with Crippen LogP contribution in [0.4, 0.5) is 5.69 Å². The molecular formula is C25H18N2O5S. The Morgan fingerprint density at radius 3 is 2.30 bits per heavy atom. The van der Waals surface area contributed by atoms with Crippen molar-refractivity contribution in [3.8, 4) is 12.3 Å². The zero-order valence-electron chi connectivity index (χ0n) is 17.2. The number of nitro groups is 1. The van der Waals surface area contributed by atoms with E-state index in [1.165, 1.54) is 30.4 Å². The van der Waals surface area contributed by atoms with Crippen molar-refractivity contribution < 1.29 is 18.4 Å². The van der Waals surface area contributed by atoms with E-state index in [2.05, 4.69) is 5.92 Å². The number of nitrogens with zero attached hydrogens (tertiary/aromatic N) is 2. The molecule has 4 aromatic rings. The maximum Gasteiger partial charge on any atom is 0.276 e. The van der Waals surface area contributed by atoms with Crippen molar-refractivity contribution in [2.24, 2.45) is 0 Å². The fraction of sp³-hybridized carbons (Fsp3) is 0.0400. The van der Waals surface area contributed by atoms with Crippen LogP contribution in [0.3, 0.4) is 0 Å². The number of aromatic nitrogens is 1. The average Bonchev–Trinajstić information content (AvgIpc) is 3.17. The molecule has 0 radical (unpaired) electrons. The van der Waals surface area contributed by atoms with E-state index in [0.717, 1.165) is 3.97 Å². The normalized spacial score (nSPS) is 12.6. The molecule has 8 heteroatoms. The molecule has 33 heavy (non-hydrogen) atoms. The molecule has 0 aliphatic heterocycles. The Bertz CT molecular complexity index is 1530. The predicted octanol–water partition coefficient (Wildman–Crippen LogP) is 4.62. The maximum atomic E-state index is 13.7. The van der Waals surface area contributed by atoms with Gasteiger partial charge in [-0.1, -0.05) is 54.5 Å². The van der Waals surface area contributed by atoms with Crippen molar-refractivity contribution in [2.45, 2.75) is 11.0 Å². The Balaban J connectivity index is 2.06. The molecule has 1 unspecified atom stereocenters. The Labute approximate surface area is 190 Å². The van der Waals surface area contributed by atoms with E-state index in [9.17, 15) is 23.6 Å². The molecule has 0 aliphatic carbocycles. The van der Waals surface area contributed by atoms with E-state index >= 15 is 0 Å². The first-order chi connectivity index (χ1) is 15.9. The van der Waals surface area contributed by atoms with Crippen molar-refractivity contribution in [1.29, 1.82) is 0 Å². The zero-order chi connectivity index (χ0) is 23.6. The second-order valence-corrected chi connectivity index (χ2v) is 8.90. The smallest absolute Gasteiger partial charge is 0.276 e. The Morgan fingerprint density at radius 1 is 0.970 bits per heavy atom. The fourth-order valence-electron chi connectivity index (χ4n) is 3.70. The predicted molar refractivity (Wildman–Crippen MR) is 127 cm³/mol. The summed E-state index contributed by atoms with van der Waals surface area (Å²) in [5.41, 5.74) is 0.804. The number of benzene rings is 3. The summed E-state index contributed by atoms with van der Waals surface area (Å²) in [7, 11) is -4.10. The second-order valence-electron chi connectivity index (χ2n) is 7.12. The van der Waals surface area contributed by atoms with E-state index in [1.807, 2.05) is 0 Å². The van der Waals surface area contributed by atoms with Gasteiger partial charge in [-0.15, -0.1) is 6.42 Å². The van der Waals surface area contributed by atoms with Crippen LogP contribution in [-0.2, 0) is 10.0 Å². The minimum atomic E-state index is -4.10. The van der Waals surface area contributed by atoms with Gasteiger partial charge in [0, 0.05) is 17.0 Å². The van der Waals surface area contributed by atoms with E-state index < -0.39 is 21.1 Å². The van der Waals surface area contributed by atoms with E-state index in [0.29, 0.717) is 10.9 Å². The van der Waals surface area contributed by atoms with E-state index in [1.54, 1.807) is 60.7 Å². The highest BCUT2D eigenvalue weighted by atomic mass is 32.2. The number of aliphatic hydroxyl groups excluding tert-OH is 1. The molecule has 7 nitrogen and oxygen atoms in total. The third-order valence-corrected chi connectivity index (χ3v) is 6.92. The lowest BCUT2D eigenvalue weighted by molar-refractivity contribution is -0.385. The van der Waals surface area contributed by atoms with Gasteiger partial charge in [0.25, 0.3) is 15.7 Å². The number of fused-ring (bicyclic) bond motifs is 1. The molecule has 0 saturated heterocycles. The average molecular weight is 458 g/mol. The molecule has 0 aliphatic rings. The summed E-state index contributed by atoms with van der Waals surface area (Å²) < 4.78 is 28.4. The highest BCUT2D eigenvalue weighted by Crippen LogP contribution is 2.35. The lowest BCUT2D eigenvalue weighted by Crippen LogP contribution is -2.15.